The summed E-state index contributed by atoms with van der Waals surface area (Å²) in [5, 5.41) is 0. The molecule has 1 aliphatic rings. The average Bonchev–Trinajstić information content (AvgIpc) is 3.03. The Morgan fingerprint density at radius 3 is 2.88 bits per heavy atom. The van der Waals surface area contributed by atoms with Crippen molar-refractivity contribution in [2.45, 2.75) is 17.4 Å². The molecule has 0 spiro atoms. The monoisotopic (exact) mass is 351 g/mol. The van der Waals surface area contributed by atoms with Gasteiger partial charge in [-0.15, -0.1) is 0 Å². The summed E-state index contributed by atoms with van der Waals surface area (Å²) in [7, 11) is -2.23. The highest BCUT2D eigenvalue weighted by atomic mass is 32.2. The first-order valence-corrected chi connectivity index (χ1v) is 9.01. The highest BCUT2D eigenvalue weighted by Gasteiger charge is 2.21. The second kappa shape index (κ2) is 6.88. The summed E-state index contributed by atoms with van der Waals surface area (Å²) in [6, 6.07) is 10.7. The maximum Gasteiger partial charge on any atom is 0.240 e. The van der Waals surface area contributed by atoms with Gasteiger partial charge in [-0.3, -0.25) is 0 Å². The number of hydrogen-bond acceptors (Lipinski definition) is 4. The lowest BCUT2D eigenvalue weighted by molar-refractivity contribution is 0.107. The van der Waals surface area contributed by atoms with Gasteiger partial charge in [0.15, 0.2) is 0 Å². The predicted octanol–water partition coefficient (Wildman–Crippen LogP) is 2.43. The van der Waals surface area contributed by atoms with Crippen molar-refractivity contribution in [3.63, 3.8) is 0 Å². The van der Waals surface area contributed by atoms with E-state index in [4.69, 9.17) is 9.47 Å². The van der Waals surface area contributed by atoms with Gasteiger partial charge < -0.3 is 9.47 Å². The highest BCUT2D eigenvalue weighted by Crippen LogP contribution is 2.27. The van der Waals surface area contributed by atoms with Crippen LogP contribution in [0.2, 0.25) is 0 Å². The van der Waals surface area contributed by atoms with E-state index in [1.54, 1.807) is 24.3 Å². The van der Waals surface area contributed by atoms with Crippen LogP contribution in [0.3, 0.4) is 0 Å². The summed E-state index contributed by atoms with van der Waals surface area (Å²) in [6.07, 6.45) is 0.121. The summed E-state index contributed by atoms with van der Waals surface area (Å²) in [5.41, 5.74) is 1.45. The number of hydrogen-bond donors (Lipinski definition) is 1. The van der Waals surface area contributed by atoms with Crippen LogP contribution in [0, 0.1) is 5.82 Å². The Bertz CT molecular complexity index is 838. The molecule has 0 fully saturated rings. The molecule has 1 atom stereocenters. The zero-order valence-electron chi connectivity index (χ0n) is 13.2. The molecule has 7 heteroatoms. The van der Waals surface area contributed by atoms with E-state index in [1.807, 2.05) is 0 Å². The van der Waals surface area contributed by atoms with E-state index >= 15 is 0 Å². The van der Waals surface area contributed by atoms with E-state index in [0.29, 0.717) is 18.6 Å². The van der Waals surface area contributed by atoms with Gasteiger partial charge in [0.1, 0.15) is 11.6 Å². The van der Waals surface area contributed by atoms with Gasteiger partial charge >= 0.3 is 0 Å². The molecule has 0 aromatic heterocycles. The molecule has 1 heterocycles. The van der Waals surface area contributed by atoms with Crippen molar-refractivity contribution >= 4 is 10.0 Å². The minimum absolute atomic E-state index is 0.00979. The van der Waals surface area contributed by atoms with Crippen molar-refractivity contribution in [3.05, 3.63) is 59.4 Å². The van der Waals surface area contributed by atoms with Gasteiger partial charge in [-0.05, 0) is 41.5 Å². The van der Waals surface area contributed by atoms with Crippen molar-refractivity contribution in [2.24, 2.45) is 0 Å². The molecule has 0 saturated heterocycles. The normalized spacial score (nSPS) is 14.9. The van der Waals surface area contributed by atoms with E-state index in [-0.39, 0.29) is 11.4 Å². The fourth-order valence-electron chi connectivity index (χ4n) is 2.64. The van der Waals surface area contributed by atoms with E-state index in [2.05, 4.69) is 4.72 Å². The molecule has 24 heavy (non-hydrogen) atoms. The number of ether oxygens (including phenoxy) is 2. The summed E-state index contributed by atoms with van der Waals surface area (Å²) in [5.74, 6) is 0.333. The molecule has 0 aliphatic carbocycles. The van der Waals surface area contributed by atoms with Crippen LogP contribution in [0.5, 0.6) is 5.75 Å². The smallest absolute Gasteiger partial charge is 0.240 e. The molecule has 1 aliphatic heterocycles. The number of halogens is 1. The maximum atomic E-state index is 13.3. The third kappa shape index (κ3) is 3.58. The molecule has 2 aromatic rings. The Hall–Kier alpha value is -1.96. The van der Waals surface area contributed by atoms with E-state index in [9.17, 15) is 12.8 Å². The van der Waals surface area contributed by atoms with Crippen LogP contribution >= 0.6 is 0 Å². The maximum absolute atomic E-state index is 13.3. The molecular formula is C17H18FNO4S. The number of fused-ring (bicyclic) bond motifs is 1. The van der Waals surface area contributed by atoms with Crippen LogP contribution in [-0.4, -0.2) is 28.7 Å². The van der Waals surface area contributed by atoms with E-state index in [1.165, 1.54) is 25.3 Å². The standard InChI is InChI=1S/C17H18FNO4S/c1-22-17(12-3-2-4-14(18)9-12)11-19-24(20,21)15-5-6-16-13(10-15)7-8-23-16/h2-6,9-10,17,19H,7-8,11H2,1H3/t17-/m0/s1. The number of nitrogens with one attached hydrogen (secondary N) is 1. The third-order valence-corrected chi connectivity index (χ3v) is 5.36. The molecule has 0 unspecified atom stereocenters. The number of rotatable bonds is 6. The molecule has 0 amide bonds. The molecule has 128 valence electrons. The van der Waals surface area contributed by atoms with E-state index < -0.39 is 21.9 Å². The first-order valence-electron chi connectivity index (χ1n) is 7.53. The Balaban J connectivity index is 1.74. The lowest BCUT2D eigenvalue weighted by Gasteiger charge is -2.17. The summed E-state index contributed by atoms with van der Waals surface area (Å²) in [4.78, 5) is 0.181. The van der Waals surface area contributed by atoms with Crippen LogP contribution in [0.4, 0.5) is 4.39 Å². The number of methoxy groups -OCH3 is 1. The number of benzene rings is 2. The minimum Gasteiger partial charge on any atom is -0.493 e. The second-order valence-electron chi connectivity index (χ2n) is 5.50. The predicted molar refractivity (Wildman–Crippen MR) is 87.0 cm³/mol. The molecule has 0 bridgehead atoms. The van der Waals surface area contributed by atoms with Gasteiger partial charge in [-0.25, -0.2) is 17.5 Å². The molecule has 2 aromatic carbocycles. The van der Waals surface area contributed by atoms with Gasteiger partial charge in [0.25, 0.3) is 0 Å². The fourth-order valence-corrected chi connectivity index (χ4v) is 3.73. The Labute approximate surface area is 140 Å². The van der Waals surface area contributed by atoms with Crippen molar-refractivity contribution in [1.29, 1.82) is 0 Å². The summed E-state index contributed by atoms with van der Waals surface area (Å²) < 4.78 is 51.4. The number of sulfonamides is 1. The molecule has 0 saturated carbocycles. The molecule has 0 radical (unpaired) electrons. The topological polar surface area (TPSA) is 64.6 Å². The Morgan fingerprint density at radius 1 is 1.29 bits per heavy atom. The molecule has 1 N–H and O–H groups in total. The van der Waals surface area contributed by atoms with Gasteiger partial charge in [0.2, 0.25) is 10.0 Å². The lowest BCUT2D eigenvalue weighted by Crippen LogP contribution is -2.29. The van der Waals surface area contributed by atoms with Crippen molar-refractivity contribution < 1.29 is 22.3 Å². The highest BCUT2D eigenvalue weighted by molar-refractivity contribution is 7.89. The van der Waals surface area contributed by atoms with E-state index in [0.717, 1.165) is 11.3 Å². The quantitative estimate of drug-likeness (QED) is 0.868. The van der Waals surface area contributed by atoms with Gasteiger partial charge in [-0.2, -0.15) is 0 Å². The molecule has 3 rings (SSSR count). The first kappa shape index (κ1) is 16.9. The van der Waals surface area contributed by atoms with Crippen LogP contribution in [0.1, 0.15) is 17.2 Å². The first-order chi connectivity index (χ1) is 11.5. The zero-order valence-corrected chi connectivity index (χ0v) is 14.0. The van der Waals surface area contributed by atoms with Crippen molar-refractivity contribution in [3.8, 4) is 5.75 Å². The zero-order chi connectivity index (χ0) is 17.2. The Kier molecular flexibility index (Phi) is 4.84. The third-order valence-electron chi connectivity index (χ3n) is 3.93. The van der Waals surface area contributed by atoms with Crippen molar-refractivity contribution in [1.82, 2.24) is 4.72 Å². The van der Waals surface area contributed by atoms with Crippen LogP contribution in [-0.2, 0) is 21.2 Å². The molecule has 5 nitrogen and oxygen atoms in total. The summed E-state index contributed by atoms with van der Waals surface area (Å²) in [6.45, 7) is 0.577. The van der Waals surface area contributed by atoms with Gasteiger partial charge in [0.05, 0.1) is 17.6 Å². The fraction of sp³-hybridized carbons (Fsp3) is 0.294. The van der Waals surface area contributed by atoms with Gasteiger partial charge in [0, 0.05) is 20.1 Å². The van der Waals surface area contributed by atoms with Gasteiger partial charge in [-0.1, -0.05) is 12.1 Å². The van der Waals surface area contributed by atoms with Crippen LogP contribution in [0.15, 0.2) is 47.4 Å². The summed E-state index contributed by atoms with van der Waals surface area (Å²) >= 11 is 0. The minimum atomic E-state index is -3.68. The Morgan fingerprint density at radius 2 is 2.12 bits per heavy atom. The van der Waals surface area contributed by atoms with Crippen molar-refractivity contribution in [2.75, 3.05) is 20.3 Å². The van der Waals surface area contributed by atoms with Crippen LogP contribution in [0.25, 0.3) is 0 Å². The second-order valence-corrected chi connectivity index (χ2v) is 7.27. The average molecular weight is 351 g/mol. The largest absolute Gasteiger partial charge is 0.493 e. The SMILES string of the molecule is CO[C@@H](CNS(=O)(=O)c1ccc2c(c1)CCO2)c1cccc(F)c1. The molecular weight excluding hydrogens is 333 g/mol. The lowest BCUT2D eigenvalue weighted by atomic mass is 10.1. The van der Waals surface area contributed by atoms with Crippen LogP contribution < -0.4 is 9.46 Å².